The highest BCUT2D eigenvalue weighted by Crippen LogP contribution is 2.27. The van der Waals surface area contributed by atoms with Gasteiger partial charge in [-0.25, -0.2) is 8.42 Å². The third-order valence-corrected chi connectivity index (χ3v) is 5.29. The molecule has 2 aromatic carbocycles. The molecule has 0 aliphatic heterocycles. The van der Waals surface area contributed by atoms with E-state index >= 15 is 0 Å². The lowest BCUT2D eigenvalue weighted by atomic mass is 10.1. The molecule has 0 aromatic heterocycles. The highest BCUT2D eigenvalue weighted by Gasteiger charge is 2.24. The minimum absolute atomic E-state index is 0.206. The summed E-state index contributed by atoms with van der Waals surface area (Å²) in [5, 5.41) is 10.4. The van der Waals surface area contributed by atoms with Gasteiger partial charge in [0.15, 0.2) is 15.6 Å². The Labute approximate surface area is 142 Å². The zero-order valence-corrected chi connectivity index (χ0v) is 14.0. The van der Waals surface area contributed by atoms with Crippen molar-refractivity contribution in [2.75, 3.05) is 12.9 Å². The molecule has 2 rings (SSSR count). The van der Waals surface area contributed by atoms with Crippen LogP contribution >= 0.6 is 11.6 Å². The van der Waals surface area contributed by atoms with Crippen LogP contribution in [0.25, 0.3) is 0 Å². The molecule has 0 unspecified atom stereocenters. The third-order valence-electron chi connectivity index (χ3n) is 3.19. The number of Topliss-reactive ketones (excluding diaryl/α,β-unsaturated/α-hetero) is 1. The number of nitro benzene ring substituents is 1. The monoisotopic (exact) mass is 369 g/mol. The minimum atomic E-state index is -4.03. The van der Waals surface area contributed by atoms with E-state index in [9.17, 15) is 23.3 Å². The zero-order valence-electron chi connectivity index (χ0n) is 12.4. The van der Waals surface area contributed by atoms with E-state index in [1.54, 1.807) is 12.1 Å². The van der Waals surface area contributed by atoms with E-state index in [-0.39, 0.29) is 21.2 Å². The van der Waals surface area contributed by atoms with E-state index in [0.717, 1.165) is 18.2 Å². The van der Waals surface area contributed by atoms with Gasteiger partial charge in [-0.3, -0.25) is 14.9 Å². The smallest absolute Gasteiger partial charge is 0.271 e. The summed E-state index contributed by atoms with van der Waals surface area (Å²) in [4.78, 5) is 21.8. The maximum Gasteiger partial charge on any atom is 0.271 e. The SMILES string of the molecule is COc1ccc(C(=O)CS(=O)(=O)c2ccc([N+](=O)[O-])cc2Cl)cc1. The van der Waals surface area contributed by atoms with Gasteiger partial charge in [0.1, 0.15) is 11.5 Å². The fourth-order valence-electron chi connectivity index (χ4n) is 1.97. The van der Waals surface area contributed by atoms with Crippen molar-refractivity contribution in [1.29, 1.82) is 0 Å². The van der Waals surface area contributed by atoms with Crippen LogP contribution in [0.5, 0.6) is 5.75 Å². The van der Waals surface area contributed by atoms with Crippen LogP contribution in [0.15, 0.2) is 47.4 Å². The molecule has 24 heavy (non-hydrogen) atoms. The number of carbonyl (C=O) groups excluding carboxylic acids is 1. The summed E-state index contributed by atoms with van der Waals surface area (Å²) in [6.07, 6.45) is 0. The first-order chi connectivity index (χ1) is 11.2. The number of benzene rings is 2. The molecular formula is C15H12ClNO6S. The van der Waals surface area contributed by atoms with Crippen LogP contribution in [-0.4, -0.2) is 32.0 Å². The van der Waals surface area contributed by atoms with Crippen molar-refractivity contribution in [3.8, 4) is 5.75 Å². The van der Waals surface area contributed by atoms with E-state index in [1.807, 2.05) is 0 Å². The molecule has 0 N–H and O–H groups in total. The van der Waals surface area contributed by atoms with Crippen molar-refractivity contribution in [3.63, 3.8) is 0 Å². The van der Waals surface area contributed by atoms with Crippen molar-refractivity contribution in [2.24, 2.45) is 0 Å². The number of sulfone groups is 1. The van der Waals surface area contributed by atoms with Crippen molar-refractivity contribution < 1.29 is 22.9 Å². The molecule has 0 radical (unpaired) electrons. The molecule has 0 aliphatic rings. The molecule has 0 spiro atoms. The number of ketones is 1. The lowest BCUT2D eigenvalue weighted by Crippen LogP contribution is -2.17. The van der Waals surface area contributed by atoms with Crippen LogP contribution in [0.2, 0.25) is 5.02 Å². The molecule has 7 nitrogen and oxygen atoms in total. The van der Waals surface area contributed by atoms with Crippen molar-refractivity contribution in [1.82, 2.24) is 0 Å². The first kappa shape index (κ1) is 17.9. The zero-order chi connectivity index (χ0) is 17.9. The predicted octanol–water partition coefficient (Wildman–Crippen LogP) is 2.91. The lowest BCUT2D eigenvalue weighted by molar-refractivity contribution is -0.384. The highest BCUT2D eigenvalue weighted by atomic mass is 35.5. The molecule has 0 atom stereocenters. The van der Waals surface area contributed by atoms with Gasteiger partial charge < -0.3 is 4.74 Å². The second-order valence-electron chi connectivity index (χ2n) is 4.78. The number of hydrogen-bond donors (Lipinski definition) is 0. The highest BCUT2D eigenvalue weighted by molar-refractivity contribution is 7.92. The molecule has 0 saturated carbocycles. The summed E-state index contributed by atoms with van der Waals surface area (Å²) in [6, 6.07) is 8.97. The summed E-state index contributed by atoms with van der Waals surface area (Å²) in [6.45, 7) is 0. The molecule has 0 bridgehead atoms. The summed E-state index contributed by atoms with van der Waals surface area (Å²) in [5.41, 5.74) is -0.127. The Hall–Kier alpha value is -2.45. The first-order valence-electron chi connectivity index (χ1n) is 6.58. The van der Waals surface area contributed by atoms with Crippen molar-refractivity contribution in [3.05, 3.63) is 63.2 Å². The van der Waals surface area contributed by atoms with Gasteiger partial charge in [-0.2, -0.15) is 0 Å². The minimum Gasteiger partial charge on any atom is -0.497 e. The van der Waals surface area contributed by atoms with Gasteiger partial charge in [0.05, 0.1) is 22.0 Å². The van der Waals surface area contributed by atoms with Crippen LogP contribution in [0.1, 0.15) is 10.4 Å². The predicted molar refractivity (Wildman–Crippen MR) is 87.5 cm³/mol. The normalized spacial score (nSPS) is 11.1. The van der Waals surface area contributed by atoms with Gasteiger partial charge in [0.25, 0.3) is 5.69 Å². The van der Waals surface area contributed by atoms with E-state index in [0.29, 0.717) is 5.75 Å². The topological polar surface area (TPSA) is 104 Å². The van der Waals surface area contributed by atoms with Crippen LogP contribution in [0, 0.1) is 10.1 Å². The Morgan fingerprint density at radius 1 is 1.21 bits per heavy atom. The number of carbonyl (C=O) groups is 1. The summed E-state index contributed by atoms with van der Waals surface area (Å²) < 4.78 is 29.6. The van der Waals surface area contributed by atoms with Crippen LogP contribution in [0.3, 0.4) is 0 Å². The molecule has 9 heteroatoms. The molecule has 0 fully saturated rings. The number of hydrogen-bond acceptors (Lipinski definition) is 6. The number of halogens is 1. The number of non-ortho nitro benzene ring substituents is 1. The van der Waals surface area contributed by atoms with Crippen LogP contribution in [0.4, 0.5) is 5.69 Å². The van der Waals surface area contributed by atoms with Crippen molar-refractivity contribution >= 4 is 32.9 Å². The Kier molecular flexibility index (Phi) is 5.20. The molecule has 0 amide bonds. The van der Waals surface area contributed by atoms with E-state index < -0.39 is 26.3 Å². The molecule has 2 aromatic rings. The third kappa shape index (κ3) is 3.90. The standard InChI is InChI=1S/C15H12ClNO6S/c1-23-12-5-2-10(3-6-12)14(18)9-24(21,22)15-7-4-11(17(19)20)8-13(15)16/h2-8H,9H2,1H3. The lowest BCUT2D eigenvalue weighted by Gasteiger charge is -2.07. The van der Waals surface area contributed by atoms with Gasteiger partial charge >= 0.3 is 0 Å². The Morgan fingerprint density at radius 2 is 1.83 bits per heavy atom. The Morgan fingerprint density at radius 3 is 2.33 bits per heavy atom. The van der Waals surface area contributed by atoms with Crippen molar-refractivity contribution in [2.45, 2.75) is 4.90 Å². The van der Waals surface area contributed by atoms with Gasteiger partial charge in [0, 0.05) is 17.7 Å². The number of nitrogens with zero attached hydrogens (tertiary/aromatic N) is 1. The maximum absolute atomic E-state index is 12.3. The average molecular weight is 370 g/mol. The number of methoxy groups -OCH3 is 1. The second kappa shape index (κ2) is 6.98. The summed E-state index contributed by atoms with van der Waals surface area (Å²) in [5.74, 6) is -0.878. The fourth-order valence-corrected chi connectivity index (χ4v) is 3.79. The number of ether oxygens (including phenoxy) is 1. The first-order valence-corrected chi connectivity index (χ1v) is 8.61. The van der Waals surface area contributed by atoms with E-state index in [1.165, 1.54) is 19.2 Å². The average Bonchev–Trinajstić information content (AvgIpc) is 2.54. The summed E-state index contributed by atoms with van der Waals surface area (Å²) >= 11 is 5.82. The summed E-state index contributed by atoms with van der Waals surface area (Å²) in [7, 11) is -2.56. The Balaban J connectivity index is 2.27. The maximum atomic E-state index is 12.3. The van der Waals surface area contributed by atoms with Crippen LogP contribution in [-0.2, 0) is 9.84 Å². The number of rotatable bonds is 6. The van der Waals surface area contributed by atoms with Crippen LogP contribution < -0.4 is 4.74 Å². The molecule has 0 heterocycles. The van der Waals surface area contributed by atoms with Gasteiger partial charge in [-0.05, 0) is 30.3 Å². The Bertz CT molecular complexity index is 893. The second-order valence-corrected chi connectivity index (χ2v) is 7.15. The molecule has 0 saturated heterocycles. The van der Waals surface area contributed by atoms with Gasteiger partial charge in [0.2, 0.25) is 0 Å². The fraction of sp³-hybridized carbons (Fsp3) is 0.133. The molecule has 0 aliphatic carbocycles. The number of nitro groups is 1. The quantitative estimate of drug-likeness (QED) is 0.440. The van der Waals surface area contributed by atoms with E-state index in [4.69, 9.17) is 16.3 Å². The van der Waals surface area contributed by atoms with Gasteiger partial charge in [-0.1, -0.05) is 11.6 Å². The van der Waals surface area contributed by atoms with E-state index in [2.05, 4.69) is 0 Å². The molecule has 126 valence electrons. The largest absolute Gasteiger partial charge is 0.497 e. The molecular weight excluding hydrogens is 358 g/mol. The van der Waals surface area contributed by atoms with Gasteiger partial charge in [-0.15, -0.1) is 0 Å².